The highest BCUT2D eigenvalue weighted by atomic mass is 35.5. The Kier molecular flexibility index (Phi) is 4.31. The van der Waals surface area contributed by atoms with Gasteiger partial charge in [0.15, 0.2) is 0 Å². The van der Waals surface area contributed by atoms with Crippen LogP contribution in [-0.2, 0) is 20.6 Å². The molecule has 0 aliphatic carbocycles. The smallest absolute Gasteiger partial charge is 0.307 e. The maximum Gasteiger partial charge on any atom is 0.307 e. The molecule has 1 heterocycles. The summed E-state index contributed by atoms with van der Waals surface area (Å²) in [5.41, 5.74) is 0.371. The Morgan fingerprint density at radius 3 is 2.75 bits per heavy atom. The van der Waals surface area contributed by atoms with Crippen LogP contribution in [0.25, 0.3) is 0 Å². The minimum atomic E-state index is -3.62. The number of aliphatic carboxylic acids is 1. The Morgan fingerprint density at radius 1 is 1.50 bits per heavy atom. The normalized spacial score (nSPS) is 20.2. The van der Waals surface area contributed by atoms with E-state index < -0.39 is 27.7 Å². The molecule has 0 aromatic heterocycles. The zero-order valence-corrected chi connectivity index (χ0v) is 12.0. The van der Waals surface area contributed by atoms with Crippen LogP contribution in [0.3, 0.4) is 0 Å². The van der Waals surface area contributed by atoms with E-state index in [9.17, 15) is 17.6 Å². The molecule has 0 saturated carbocycles. The van der Waals surface area contributed by atoms with Crippen molar-refractivity contribution in [3.8, 4) is 0 Å². The van der Waals surface area contributed by atoms with E-state index in [1.54, 1.807) is 0 Å². The Labute approximate surface area is 121 Å². The third-order valence-electron chi connectivity index (χ3n) is 3.23. The van der Waals surface area contributed by atoms with E-state index in [1.165, 1.54) is 12.1 Å². The van der Waals surface area contributed by atoms with Crippen LogP contribution in [-0.4, -0.2) is 36.9 Å². The highest BCUT2D eigenvalue weighted by Crippen LogP contribution is 2.23. The summed E-state index contributed by atoms with van der Waals surface area (Å²) in [5.74, 6) is -2.59. The molecule has 1 atom stereocenters. The SMILES string of the molecule is O=C(O)C1CCN(S(=O)(=O)Cc2ccc(F)c(Cl)c2)C1. The first-order valence-electron chi connectivity index (χ1n) is 5.94. The molecule has 0 amide bonds. The summed E-state index contributed by atoms with van der Waals surface area (Å²) < 4.78 is 38.5. The van der Waals surface area contributed by atoms with Crippen molar-refractivity contribution in [2.45, 2.75) is 12.2 Å². The van der Waals surface area contributed by atoms with Crippen molar-refractivity contribution in [3.05, 3.63) is 34.6 Å². The van der Waals surface area contributed by atoms with Gasteiger partial charge in [0.05, 0.1) is 16.7 Å². The number of hydrogen-bond donors (Lipinski definition) is 1. The fraction of sp³-hybridized carbons (Fsp3) is 0.417. The molecule has 8 heteroatoms. The summed E-state index contributed by atoms with van der Waals surface area (Å²) in [4.78, 5) is 10.8. The molecule has 0 bridgehead atoms. The van der Waals surface area contributed by atoms with Crippen LogP contribution in [0.15, 0.2) is 18.2 Å². The van der Waals surface area contributed by atoms with Crippen LogP contribution in [0, 0.1) is 11.7 Å². The lowest BCUT2D eigenvalue weighted by molar-refractivity contribution is -0.141. The van der Waals surface area contributed by atoms with Gasteiger partial charge in [0, 0.05) is 13.1 Å². The van der Waals surface area contributed by atoms with Crippen molar-refractivity contribution in [1.82, 2.24) is 4.31 Å². The van der Waals surface area contributed by atoms with Gasteiger partial charge >= 0.3 is 5.97 Å². The molecule has 0 spiro atoms. The molecule has 1 N–H and O–H groups in total. The van der Waals surface area contributed by atoms with Crippen molar-refractivity contribution in [2.24, 2.45) is 5.92 Å². The van der Waals surface area contributed by atoms with E-state index >= 15 is 0 Å². The van der Waals surface area contributed by atoms with Crippen molar-refractivity contribution in [1.29, 1.82) is 0 Å². The first-order valence-corrected chi connectivity index (χ1v) is 7.93. The summed E-state index contributed by atoms with van der Waals surface area (Å²) >= 11 is 5.61. The fourth-order valence-corrected chi connectivity index (χ4v) is 3.89. The number of sulfonamides is 1. The molecule has 1 unspecified atom stereocenters. The van der Waals surface area contributed by atoms with Gasteiger partial charge in [-0.2, -0.15) is 0 Å². The quantitative estimate of drug-likeness (QED) is 0.916. The Bertz CT molecular complexity index is 634. The molecule has 20 heavy (non-hydrogen) atoms. The number of carbonyl (C=O) groups is 1. The lowest BCUT2D eigenvalue weighted by Crippen LogP contribution is -2.31. The van der Waals surface area contributed by atoms with Gasteiger partial charge in [-0.3, -0.25) is 4.79 Å². The van der Waals surface area contributed by atoms with Crippen molar-refractivity contribution in [2.75, 3.05) is 13.1 Å². The third kappa shape index (κ3) is 3.28. The number of halogens is 2. The molecule has 5 nitrogen and oxygen atoms in total. The van der Waals surface area contributed by atoms with Crippen molar-refractivity contribution >= 4 is 27.6 Å². The average molecular weight is 322 g/mol. The first kappa shape index (κ1) is 15.2. The van der Waals surface area contributed by atoms with Gasteiger partial charge in [0.2, 0.25) is 10.0 Å². The summed E-state index contributed by atoms with van der Waals surface area (Å²) in [6.45, 7) is 0.167. The molecular weight excluding hydrogens is 309 g/mol. The molecule has 1 saturated heterocycles. The number of benzene rings is 1. The van der Waals surface area contributed by atoms with Gasteiger partial charge < -0.3 is 5.11 Å². The van der Waals surface area contributed by atoms with E-state index in [0.717, 1.165) is 10.4 Å². The molecular formula is C12H13ClFNO4S. The van der Waals surface area contributed by atoms with Gasteiger partial charge in [0.25, 0.3) is 0 Å². The van der Waals surface area contributed by atoms with Gasteiger partial charge in [-0.25, -0.2) is 17.1 Å². The Balaban J connectivity index is 2.12. The van der Waals surface area contributed by atoms with Crippen LogP contribution in [0.2, 0.25) is 5.02 Å². The topological polar surface area (TPSA) is 74.7 Å². The second kappa shape index (κ2) is 5.67. The standard InChI is InChI=1S/C12H13ClFNO4S/c13-10-5-8(1-2-11(10)14)7-20(18,19)15-4-3-9(6-15)12(16)17/h1-2,5,9H,3-4,6-7H2,(H,16,17). The summed E-state index contributed by atoms with van der Waals surface area (Å²) in [5, 5.41) is 8.74. The molecule has 110 valence electrons. The van der Waals surface area contributed by atoms with E-state index in [-0.39, 0.29) is 23.9 Å². The molecule has 1 aromatic carbocycles. The number of carboxylic acid groups (broad SMARTS) is 1. The van der Waals surface area contributed by atoms with E-state index in [2.05, 4.69) is 0 Å². The fourth-order valence-electron chi connectivity index (χ4n) is 2.11. The van der Waals surface area contributed by atoms with Crippen LogP contribution in [0.4, 0.5) is 4.39 Å². The highest BCUT2D eigenvalue weighted by Gasteiger charge is 2.34. The summed E-state index contributed by atoms with van der Waals surface area (Å²) in [6, 6.07) is 3.72. The van der Waals surface area contributed by atoms with Gasteiger partial charge in [-0.1, -0.05) is 17.7 Å². The third-order valence-corrected chi connectivity index (χ3v) is 5.33. The number of nitrogens with zero attached hydrogens (tertiary/aromatic N) is 1. The van der Waals surface area contributed by atoms with Crippen molar-refractivity contribution in [3.63, 3.8) is 0 Å². The minimum absolute atomic E-state index is 0.0212. The van der Waals surface area contributed by atoms with Crippen LogP contribution in [0.1, 0.15) is 12.0 Å². The number of hydrogen-bond acceptors (Lipinski definition) is 3. The van der Waals surface area contributed by atoms with E-state index in [1.807, 2.05) is 0 Å². The van der Waals surface area contributed by atoms with Gasteiger partial charge in [-0.15, -0.1) is 0 Å². The minimum Gasteiger partial charge on any atom is -0.481 e. The molecule has 0 radical (unpaired) electrons. The maximum absolute atomic E-state index is 13.0. The molecule has 1 aliphatic rings. The van der Waals surface area contributed by atoms with Gasteiger partial charge in [-0.05, 0) is 24.1 Å². The highest BCUT2D eigenvalue weighted by molar-refractivity contribution is 7.88. The van der Waals surface area contributed by atoms with Crippen LogP contribution in [0.5, 0.6) is 0 Å². The second-order valence-corrected chi connectivity index (χ2v) is 7.06. The average Bonchev–Trinajstić information content (AvgIpc) is 2.84. The summed E-state index contributed by atoms with van der Waals surface area (Å²) in [6.07, 6.45) is 0.304. The largest absolute Gasteiger partial charge is 0.481 e. The van der Waals surface area contributed by atoms with E-state index in [4.69, 9.17) is 16.7 Å². The maximum atomic E-state index is 13.0. The zero-order valence-electron chi connectivity index (χ0n) is 10.4. The van der Waals surface area contributed by atoms with E-state index in [0.29, 0.717) is 12.0 Å². The molecule has 1 fully saturated rings. The summed E-state index contributed by atoms with van der Waals surface area (Å²) in [7, 11) is -3.62. The molecule has 1 aliphatic heterocycles. The second-order valence-electron chi connectivity index (χ2n) is 4.69. The van der Waals surface area contributed by atoms with Crippen LogP contribution < -0.4 is 0 Å². The Hall–Kier alpha value is -1.18. The van der Waals surface area contributed by atoms with Crippen LogP contribution >= 0.6 is 11.6 Å². The predicted molar refractivity (Wildman–Crippen MR) is 71.3 cm³/mol. The molecule has 1 aromatic rings. The lowest BCUT2D eigenvalue weighted by atomic mass is 10.1. The Morgan fingerprint density at radius 2 is 2.20 bits per heavy atom. The predicted octanol–water partition coefficient (Wildman–Crippen LogP) is 1.72. The molecule has 2 rings (SSSR count). The number of rotatable bonds is 4. The lowest BCUT2D eigenvalue weighted by Gasteiger charge is -2.16. The zero-order chi connectivity index (χ0) is 14.9. The monoisotopic (exact) mass is 321 g/mol. The van der Waals surface area contributed by atoms with Gasteiger partial charge in [0.1, 0.15) is 5.82 Å². The van der Waals surface area contributed by atoms with Crippen molar-refractivity contribution < 1.29 is 22.7 Å². The first-order chi connectivity index (χ1) is 9.29. The number of carboxylic acids is 1.